The zero-order valence-electron chi connectivity index (χ0n) is 10.8. The molecule has 1 aromatic heterocycles. The Morgan fingerprint density at radius 1 is 1.28 bits per heavy atom. The zero-order valence-corrected chi connectivity index (χ0v) is 10.8. The van der Waals surface area contributed by atoms with Gasteiger partial charge in [0.25, 0.3) is 0 Å². The maximum atomic E-state index is 5.56. The van der Waals surface area contributed by atoms with Crippen LogP contribution in [0.2, 0.25) is 0 Å². The second-order valence-corrected chi connectivity index (χ2v) is 4.92. The molecule has 1 heterocycles. The number of fused-ring (bicyclic) bond motifs is 1. The molecule has 1 atom stereocenters. The van der Waals surface area contributed by atoms with Crippen LogP contribution in [0.15, 0.2) is 41.0 Å². The van der Waals surface area contributed by atoms with E-state index in [1.165, 1.54) is 29.5 Å². The minimum Gasteiger partial charge on any atom is -0.464 e. The molecular weight excluding hydrogens is 222 g/mol. The van der Waals surface area contributed by atoms with Gasteiger partial charge in [-0.3, -0.25) is 0 Å². The van der Waals surface area contributed by atoms with Crippen LogP contribution in [0.25, 0.3) is 11.3 Å². The van der Waals surface area contributed by atoms with Crippen molar-refractivity contribution in [1.82, 2.24) is 5.32 Å². The third kappa shape index (κ3) is 2.08. The molecule has 0 radical (unpaired) electrons. The van der Waals surface area contributed by atoms with Crippen LogP contribution in [-0.2, 0) is 12.8 Å². The highest BCUT2D eigenvalue weighted by atomic mass is 16.3. The van der Waals surface area contributed by atoms with Crippen molar-refractivity contribution in [1.29, 1.82) is 0 Å². The number of furan rings is 1. The Morgan fingerprint density at radius 2 is 2.22 bits per heavy atom. The van der Waals surface area contributed by atoms with Crippen LogP contribution >= 0.6 is 0 Å². The first-order valence-corrected chi connectivity index (χ1v) is 6.76. The summed E-state index contributed by atoms with van der Waals surface area (Å²) in [5.74, 6) is 0.990. The largest absolute Gasteiger partial charge is 0.464 e. The summed E-state index contributed by atoms with van der Waals surface area (Å²) in [5, 5.41) is 3.57. The van der Waals surface area contributed by atoms with Gasteiger partial charge in [0.05, 0.1) is 6.26 Å². The van der Waals surface area contributed by atoms with Crippen molar-refractivity contribution < 1.29 is 4.42 Å². The van der Waals surface area contributed by atoms with Gasteiger partial charge < -0.3 is 9.73 Å². The van der Waals surface area contributed by atoms with E-state index in [4.69, 9.17) is 4.42 Å². The molecule has 2 heteroatoms. The van der Waals surface area contributed by atoms with Crippen LogP contribution < -0.4 is 5.32 Å². The molecular formula is C16H19NO. The molecule has 1 aliphatic rings. The first-order chi connectivity index (χ1) is 8.88. The minimum atomic E-state index is 0.610. The topological polar surface area (TPSA) is 25.2 Å². The van der Waals surface area contributed by atoms with Crippen molar-refractivity contribution in [3.8, 4) is 11.3 Å². The van der Waals surface area contributed by atoms with Crippen molar-refractivity contribution in [3.63, 3.8) is 0 Å². The summed E-state index contributed by atoms with van der Waals surface area (Å²) in [6.07, 6.45) is 5.27. The Labute approximate surface area is 108 Å². The first kappa shape index (κ1) is 11.5. The van der Waals surface area contributed by atoms with Crippen molar-refractivity contribution >= 4 is 0 Å². The molecule has 0 fully saturated rings. The second-order valence-electron chi connectivity index (χ2n) is 4.92. The lowest BCUT2D eigenvalue weighted by Crippen LogP contribution is -2.34. The molecule has 3 rings (SSSR count). The van der Waals surface area contributed by atoms with Crippen molar-refractivity contribution in [2.24, 2.45) is 0 Å². The van der Waals surface area contributed by atoms with Crippen LogP contribution in [0.5, 0.6) is 0 Å². The van der Waals surface area contributed by atoms with Gasteiger partial charge in [0.1, 0.15) is 5.76 Å². The molecule has 1 unspecified atom stereocenters. The fourth-order valence-corrected chi connectivity index (χ4v) is 2.91. The Morgan fingerprint density at radius 3 is 3.00 bits per heavy atom. The Balaban J connectivity index is 1.98. The van der Waals surface area contributed by atoms with Crippen molar-refractivity contribution in [3.05, 3.63) is 47.7 Å². The lowest BCUT2D eigenvalue weighted by molar-refractivity contribution is 0.470. The van der Waals surface area contributed by atoms with Gasteiger partial charge in [-0.15, -0.1) is 0 Å². The molecule has 0 aliphatic heterocycles. The van der Waals surface area contributed by atoms with Gasteiger partial charge in [-0.2, -0.15) is 0 Å². The quantitative estimate of drug-likeness (QED) is 0.890. The summed E-state index contributed by atoms with van der Waals surface area (Å²) in [4.78, 5) is 0. The number of rotatable bonds is 3. The lowest BCUT2D eigenvalue weighted by atomic mass is 9.85. The highest BCUT2D eigenvalue weighted by Gasteiger charge is 2.21. The van der Waals surface area contributed by atoms with E-state index >= 15 is 0 Å². The molecule has 0 saturated heterocycles. The van der Waals surface area contributed by atoms with Gasteiger partial charge in [-0.05, 0) is 49.1 Å². The third-order valence-corrected chi connectivity index (χ3v) is 3.77. The summed E-state index contributed by atoms with van der Waals surface area (Å²) in [5.41, 5.74) is 4.21. The van der Waals surface area contributed by atoms with Gasteiger partial charge >= 0.3 is 0 Å². The molecule has 2 aromatic rings. The standard InChI is InChI=1S/C16H19NO/c1-2-17-13-9-8-12-5-3-6-14(15(12)11-13)16-7-4-10-18-16/h3-7,10,13,17H,2,8-9,11H2,1H3. The summed E-state index contributed by atoms with van der Waals surface area (Å²) in [7, 11) is 0. The van der Waals surface area contributed by atoms with E-state index in [1.54, 1.807) is 6.26 Å². The second kappa shape index (κ2) is 4.99. The van der Waals surface area contributed by atoms with Crippen LogP contribution in [-0.4, -0.2) is 12.6 Å². The molecule has 2 nitrogen and oxygen atoms in total. The van der Waals surface area contributed by atoms with E-state index in [0.29, 0.717) is 6.04 Å². The fraction of sp³-hybridized carbons (Fsp3) is 0.375. The lowest BCUT2D eigenvalue weighted by Gasteiger charge is -2.26. The molecule has 0 saturated carbocycles. The molecule has 1 aromatic carbocycles. The van der Waals surface area contributed by atoms with E-state index in [0.717, 1.165) is 18.7 Å². The van der Waals surface area contributed by atoms with E-state index < -0.39 is 0 Å². The Hall–Kier alpha value is -1.54. The molecule has 94 valence electrons. The summed E-state index contributed by atoms with van der Waals surface area (Å²) in [6.45, 7) is 3.22. The Kier molecular flexibility index (Phi) is 3.20. The molecule has 18 heavy (non-hydrogen) atoms. The maximum absolute atomic E-state index is 5.56. The smallest absolute Gasteiger partial charge is 0.134 e. The zero-order chi connectivity index (χ0) is 12.4. The van der Waals surface area contributed by atoms with Gasteiger partial charge in [0.15, 0.2) is 0 Å². The van der Waals surface area contributed by atoms with E-state index in [-0.39, 0.29) is 0 Å². The van der Waals surface area contributed by atoms with Gasteiger partial charge in [-0.25, -0.2) is 0 Å². The molecule has 1 aliphatic carbocycles. The predicted octanol–water partition coefficient (Wildman–Crippen LogP) is 3.41. The number of benzene rings is 1. The van der Waals surface area contributed by atoms with Gasteiger partial charge in [0.2, 0.25) is 0 Å². The van der Waals surface area contributed by atoms with Gasteiger partial charge in [0, 0.05) is 11.6 Å². The van der Waals surface area contributed by atoms with Crippen LogP contribution in [0.4, 0.5) is 0 Å². The summed E-state index contributed by atoms with van der Waals surface area (Å²) >= 11 is 0. The van der Waals surface area contributed by atoms with Crippen molar-refractivity contribution in [2.75, 3.05) is 6.54 Å². The molecule has 0 amide bonds. The average Bonchev–Trinajstić information content (AvgIpc) is 2.92. The number of likely N-dealkylation sites (N-methyl/N-ethyl adjacent to an activating group) is 1. The SMILES string of the molecule is CCNC1CCc2cccc(-c3ccco3)c2C1. The third-order valence-electron chi connectivity index (χ3n) is 3.77. The van der Waals surface area contributed by atoms with E-state index in [1.807, 2.05) is 12.1 Å². The van der Waals surface area contributed by atoms with Gasteiger partial charge in [-0.1, -0.05) is 25.1 Å². The van der Waals surface area contributed by atoms with Crippen LogP contribution in [0.3, 0.4) is 0 Å². The first-order valence-electron chi connectivity index (χ1n) is 6.76. The number of hydrogen-bond acceptors (Lipinski definition) is 2. The Bertz CT molecular complexity index is 516. The maximum Gasteiger partial charge on any atom is 0.134 e. The molecule has 0 bridgehead atoms. The number of nitrogens with one attached hydrogen (secondary N) is 1. The highest BCUT2D eigenvalue weighted by Crippen LogP contribution is 2.31. The number of aryl methyl sites for hydroxylation is 1. The minimum absolute atomic E-state index is 0.610. The fourth-order valence-electron chi connectivity index (χ4n) is 2.91. The normalized spacial score (nSPS) is 18.6. The molecule has 0 spiro atoms. The number of hydrogen-bond donors (Lipinski definition) is 1. The van der Waals surface area contributed by atoms with Crippen LogP contribution in [0.1, 0.15) is 24.5 Å². The van der Waals surface area contributed by atoms with E-state index in [2.05, 4.69) is 30.4 Å². The summed E-state index contributed by atoms with van der Waals surface area (Å²) < 4.78 is 5.56. The monoisotopic (exact) mass is 241 g/mol. The van der Waals surface area contributed by atoms with E-state index in [9.17, 15) is 0 Å². The average molecular weight is 241 g/mol. The highest BCUT2D eigenvalue weighted by molar-refractivity contribution is 5.64. The predicted molar refractivity (Wildman–Crippen MR) is 73.6 cm³/mol. The van der Waals surface area contributed by atoms with Crippen LogP contribution in [0, 0.1) is 0 Å². The molecule has 1 N–H and O–H groups in total. The summed E-state index contributed by atoms with van der Waals surface area (Å²) in [6, 6.07) is 11.2. The van der Waals surface area contributed by atoms with Crippen molar-refractivity contribution in [2.45, 2.75) is 32.2 Å².